The molecule has 0 radical (unpaired) electrons. The molecule has 7 nitrogen and oxygen atoms in total. The third-order valence-corrected chi connectivity index (χ3v) is 7.66. The van der Waals surface area contributed by atoms with Crippen LogP contribution in [0, 0.1) is 0 Å². The SMILES string of the molecule is COC(=O)c1ccc2c(c1)CCN2S(=O)(=O)c1cc(S(C)(=O)=O)ccc1Cl. The summed E-state index contributed by atoms with van der Waals surface area (Å²) in [6.07, 6.45) is 1.40. The molecule has 0 aliphatic carbocycles. The van der Waals surface area contributed by atoms with Gasteiger partial charge < -0.3 is 4.74 Å². The zero-order valence-corrected chi connectivity index (χ0v) is 16.9. The Morgan fingerprint density at radius 2 is 1.81 bits per heavy atom. The Kier molecular flexibility index (Phi) is 4.96. The van der Waals surface area contributed by atoms with Gasteiger partial charge in [0.1, 0.15) is 4.90 Å². The van der Waals surface area contributed by atoms with Gasteiger partial charge in [-0.25, -0.2) is 21.6 Å². The van der Waals surface area contributed by atoms with Crippen LogP contribution in [0.4, 0.5) is 5.69 Å². The van der Waals surface area contributed by atoms with Crippen LogP contribution < -0.4 is 4.31 Å². The molecule has 1 aliphatic heterocycles. The van der Waals surface area contributed by atoms with E-state index in [0.29, 0.717) is 23.2 Å². The largest absolute Gasteiger partial charge is 0.465 e. The first-order valence-electron chi connectivity index (χ1n) is 7.79. The van der Waals surface area contributed by atoms with Gasteiger partial charge in [0.2, 0.25) is 0 Å². The average molecular weight is 430 g/mol. The maximum atomic E-state index is 13.1. The maximum Gasteiger partial charge on any atom is 0.337 e. The van der Waals surface area contributed by atoms with E-state index < -0.39 is 25.8 Å². The van der Waals surface area contributed by atoms with Gasteiger partial charge in [0.25, 0.3) is 10.0 Å². The van der Waals surface area contributed by atoms with Gasteiger partial charge in [0, 0.05) is 12.8 Å². The Bertz CT molecular complexity index is 1140. The van der Waals surface area contributed by atoms with Crippen molar-refractivity contribution < 1.29 is 26.4 Å². The summed E-state index contributed by atoms with van der Waals surface area (Å²) in [6.45, 7) is 0.154. The number of halogens is 1. The van der Waals surface area contributed by atoms with Gasteiger partial charge in [-0.05, 0) is 48.4 Å². The lowest BCUT2D eigenvalue weighted by molar-refractivity contribution is 0.0600. The highest BCUT2D eigenvalue weighted by Crippen LogP contribution is 2.36. The highest BCUT2D eigenvalue weighted by molar-refractivity contribution is 7.93. The van der Waals surface area contributed by atoms with Crippen molar-refractivity contribution in [2.75, 3.05) is 24.2 Å². The van der Waals surface area contributed by atoms with Crippen LogP contribution in [0.3, 0.4) is 0 Å². The van der Waals surface area contributed by atoms with Crippen molar-refractivity contribution in [2.45, 2.75) is 16.2 Å². The first-order valence-corrected chi connectivity index (χ1v) is 11.5. The second-order valence-corrected chi connectivity index (χ2v) is 10.3. The van der Waals surface area contributed by atoms with Gasteiger partial charge in [-0.15, -0.1) is 0 Å². The fourth-order valence-electron chi connectivity index (χ4n) is 2.90. The first-order chi connectivity index (χ1) is 12.6. The molecule has 2 aromatic rings. The lowest BCUT2D eigenvalue weighted by atomic mass is 10.1. The first kappa shape index (κ1) is 19.7. The molecule has 0 spiro atoms. The number of ether oxygens (including phenoxy) is 1. The lowest BCUT2D eigenvalue weighted by Crippen LogP contribution is -2.29. The number of sulfonamides is 1. The van der Waals surface area contributed by atoms with E-state index in [2.05, 4.69) is 4.74 Å². The molecular weight excluding hydrogens is 414 g/mol. The van der Waals surface area contributed by atoms with Crippen molar-refractivity contribution in [1.82, 2.24) is 0 Å². The van der Waals surface area contributed by atoms with E-state index in [1.54, 1.807) is 6.07 Å². The number of benzene rings is 2. The molecule has 0 N–H and O–H groups in total. The van der Waals surface area contributed by atoms with Gasteiger partial charge in [-0.2, -0.15) is 0 Å². The summed E-state index contributed by atoms with van der Waals surface area (Å²) in [5.74, 6) is -0.511. The van der Waals surface area contributed by atoms with Crippen LogP contribution in [-0.2, 0) is 31.0 Å². The molecule has 1 heterocycles. The highest BCUT2D eigenvalue weighted by atomic mass is 35.5. The van der Waals surface area contributed by atoms with Crippen molar-refractivity contribution in [3.8, 4) is 0 Å². The zero-order valence-electron chi connectivity index (χ0n) is 14.5. The lowest BCUT2D eigenvalue weighted by Gasteiger charge is -2.20. The summed E-state index contributed by atoms with van der Waals surface area (Å²) < 4.78 is 55.6. The molecule has 27 heavy (non-hydrogen) atoms. The minimum atomic E-state index is -4.08. The molecule has 144 valence electrons. The number of nitrogens with zero attached hydrogens (tertiary/aromatic N) is 1. The summed E-state index contributed by atoms with van der Waals surface area (Å²) in [4.78, 5) is 11.2. The quantitative estimate of drug-likeness (QED) is 0.691. The fourth-order valence-corrected chi connectivity index (χ4v) is 5.63. The van der Waals surface area contributed by atoms with Crippen molar-refractivity contribution in [3.05, 3.63) is 52.5 Å². The Hall–Kier alpha value is -2.10. The third kappa shape index (κ3) is 3.54. The number of anilines is 1. The van der Waals surface area contributed by atoms with Crippen molar-refractivity contribution >= 4 is 43.1 Å². The number of rotatable bonds is 4. The molecule has 1 aliphatic rings. The molecule has 0 aromatic heterocycles. The third-order valence-electron chi connectivity index (χ3n) is 4.25. The van der Waals surface area contributed by atoms with Crippen LogP contribution in [0.15, 0.2) is 46.2 Å². The molecule has 0 saturated heterocycles. The van der Waals surface area contributed by atoms with E-state index in [0.717, 1.165) is 16.6 Å². The smallest absolute Gasteiger partial charge is 0.337 e. The van der Waals surface area contributed by atoms with Crippen LogP contribution in [0.1, 0.15) is 15.9 Å². The number of carbonyl (C=O) groups excluding carboxylic acids is 1. The predicted octanol–water partition coefficient (Wildman–Crippen LogP) is 2.28. The zero-order chi connectivity index (χ0) is 20.0. The normalized spacial score (nSPS) is 14.1. The van der Waals surface area contributed by atoms with Crippen molar-refractivity contribution in [2.24, 2.45) is 0 Å². The highest BCUT2D eigenvalue weighted by Gasteiger charge is 2.33. The van der Waals surface area contributed by atoms with Crippen LogP contribution in [0.5, 0.6) is 0 Å². The molecule has 3 rings (SSSR count). The van der Waals surface area contributed by atoms with Crippen molar-refractivity contribution in [1.29, 1.82) is 0 Å². The number of sulfone groups is 1. The monoisotopic (exact) mass is 429 g/mol. The van der Waals surface area contributed by atoms with E-state index in [-0.39, 0.29) is 21.4 Å². The average Bonchev–Trinajstić information content (AvgIpc) is 3.04. The standard InChI is InChI=1S/C17H16ClNO6S2/c1-25-17(20)12-3-6-15-11(9-12)7-8-19(15)27(23,24)16-10-13(26(2,21)22)4-5-14(16)18/h3-6,9-10H,7-8H2,1-2H3. The topological polar surface area (TPSA) is 97.8 Å². The van der Waals surface area contributed by atoms with E-state index >= 15 is 0 Å². The summed E-state index contributed by atoms with van der Waals surface area (Å²) in [7, 11) is -6.41. The van der Waals surface area contributed by atoms with Gasteiger partial charge in [-0.3, -0.25) is 4.31 Å². The van der Waals surface area contributed by atoms with Crippen LogP contribution in [-0.4, -0.2) is 42.7 Å². The number of esters is 1. The fraction of sp³-hybridized carbons (Fsp3) is 0.235. The van der Waals surface area contributed by atoms with E-state index in [1.165, 1.54) is 31.4 Å². The second-order valence-electron chi connectivity index (χ2n) is 6.03. The van der Waals surface area contributed by atoms with Gasteiger partial charge in [0.05, 0.1) is 28.3 Å². The van der Waals surface area contributed by atoms with Gasteiger partial charge >= 0.3 is 5.97 Å². The summed E-state index contributed by atoms with van der Waals surface area (Å²) in [6, 6.07) is 8.17. The van der Waals surface area contributed by atoms with E-state index in [4.69, 9.17) is 11.6 Å². The second kappa shape index (κ2) is 6.81. The van der Waals surface area contributed by atoms with E-state index in [1.807, 2.05) is 0 Å². The maximum absolute atomic E-state index is 13.1. The van der Waals surface area contributed by atoms with Crippen LogP contribution in [0.25, 0.3) is 0 Å². The predicted molar refractivity (Wildman–Crippen MR) is 101 cm³/mol. The molecule has 0 amide bonds. The van der Waals surface area contributed by atoms with Gasteiger partial charge in [0.15, 0.2) is 9.84 Å². The summed E-state index contributed by atoms with van der Waals surface area (Å²) in [5, 5.41) is -0.0676. The minimum Gasteiger partial charge on any atom is -0.465 e. The number of methoxy groups -OCH3 is 1. The molecule has 0 unspecified atom stereocenters. The molecule has 10 heteroatoms. The minimum absolute atomic E-state index is 0.0676. The van der Waals surface area contributed by atoms with Crippen LogP contribution >= 0.6 is 11.6 Å². The Labute approximate surface area is 162 Å². The molecule has 0 saturated carbocycles. The molecule has 0 fully saturated rings. The van der Waals surface area contributed by atoms with Crippen LogP contribution in [0.2, 0.25) is 5.02 Å². The van der Waals surface area contributed by atoms with Gasteiger partial charge in [-0.1, -0.05) is 11.6 Å². The summed E-state index contributed by atoms with van der Waals surface area (Å²) >= 11 is 6.06. The molecular formula is C17H16ClNO6S2. The molecule has 2 aromatic carbocycles. The number of fused-ring (bicyclic) bond motifs is 1. The summed E-state index contributed by atoms with van der Waals surface area (Å²) in [5.41, 5.74) is 1.42. The Morgan fingerprint density at radius 3 is 2.44 bits per heavy atom. The molecule has 0 atom stereocenters. The van der Waals surface area contributed by atoms with E-state index in [9.17, 15) is 21.6 Å². The number of hydrogen-bond acceptors (Lipinski definition) is 6. The number of hydrogen-bond donors (Lipinski definition) is 0. The Morgan fingerprint density at radius 1 is 1.11 bits per heavy atom. The number of carbonyl (C=O) groups is 1. The Balaban J connectivity index is 2.08. The molecule has 0 bridgehead atoms. The van der Waals surface area contributed by atoms with Crippen molar-refractivity contribution in [3.63, 3.8) is 0 Å².